The minimum Gasteiger partial charge on any atom is -0.474 e. The highest BCUT2D eigenvalue weighted by Crippen LogP contribution is 2.30. The number of likely N-dealkylation sites (tertiary alicyclic amines) is 2. The van der Waals surface area contributed by atoms with Crippen LogP contribution >= 0.6 is 11.3 Å². The first-order valence-electron chi connectivity index (χ1n) is 24.0. The Morgan fingerprint density at radius 3 is 2.25 bits per heavy atom. The van der Waals surface area contributed by atoms with Crippen LogP contribution < -0.4 is 31.2 Å². The SMILES string of the molecule is Cc1ncsc1-c1ccc(CNC(=O)[C@H]2CCCN2C(=O)[C@H](NC(=O)CNC(=O)CCCn2cnc(-c3cnc(OC4CCN(C(=O)Cc5ccc(OC(F)(F)F)cc5)CC4)c(C(N)=O)c3)c2)C(C)(C)C)cc1. The van der Waals surface area contributed by atoms with E-state index in [1.807, 2.05) is 57.5 Å². The molecule has 5 heterocycles. The number of alkyl halides is 3. The fourth-order valence-electron chi connectivity index (χ4n) is 8.65. The van der Waals surface area contributed by atoms with E-state index in [9.17, 15) is 41.9 Å². The van der Waals surface area contributed by atoms with Crippen LogP contribution in [0, 0.1) is 12.3 Å². The Morgan fingerprint density at radius 1 is 0.877 bits per heavy atom. The number of imidazole rings is 1. The van der Waals surface area contributed by atoms with Crippen LogP contribution in [0.1, 0.15) is 86.5 Å². The van der Waals surface area contributed by atoms with Crippen LogP contribution in [0.4, 0.5) is 13.2 Å². The Hall–Kier alpha value is -7.36. The summed E-state index contributed by atoms with van der Waals surface area (Å²) in [6.07, 6.45) is 2.14. The number of aromatic nitrogens is 4. The number of amides is 6. The predicted octanol–water partition coefficient (Wildman–Crippen LogP) is 5.72. The van der Waals surface area contributed by atoms with Crippen molar-refractivity contribution in [1.29, 1.82) is 0 Å². The minimum absolute atomic E-state index is 0.000983. The average molecular weight is 1030 g/mol. The first-order chi connectivity index (χ1) is 34.7. The van der Waals surface area contributed by atoms with Gasteiger partial charge < -0.3 is 45.5 Å². The summed E-state index contributed by atoms with van der Waals surface area (Å²) < 4.78 is 49.2. The number of pyridine rings is 1. The zero-order chi connectivity index (χ0) is 52.5. The second-order valence-corrected chi connectivity index (χ2v) is 20.0. The van der Waals surface area contributed by atoms with Gasteiger partial charge in [0.25, 0.3) is 5.91 Å². The number of aryl methyl sites for hydroxylation is 2. The summed E-state index contributed by atoms with van der Waals surface area (Å²) in [5, 5.41) is 8.42. The van der Waals surface area contributed by atoms with Crippen LogP contribution in [-0.4, -0.2) is 115 Å². The molecule has 0 radical (unpaired) electrons. The molecule has 2 aliphatic rings. The Labute approximate surface area is 424 Å². The number of halogens is 3. The van der Waals surface area contributed by atoms with Crippen molar-refractivity contribution in [2.75, 3.05) is 26.2 Å². The van der Waals surface area contributed by atoms with Crippen LogP contribution in [-0.2, 0) is 43.5 Å². The van der Waals surface area contributed by atoms with E-state index in [0.717, 1.165) is 33.8 Å². The maximum absolute atomic E-state index is 14.0. The van der Waals surface area contributed by atoms with Gasteiger partial charge in [-0.25, -0.2) is 15.0 Å². The molecule has 18 nitrogen and oxygen atoms in total. The van der Waals surface area contributed by atoms with Gasteiger partial charge in [-0.05, 0) is 66.5 Å². The van der Waals surface area contributed by atoms with Gasteiger partial charge in [0.1, 0.15) is 29.5 Å². The first-order valence-corrected chi connectivity index (χ1v) is 24.8. The zero-order valence-electron chi connectivity index (χ0n) is 41.0. The van der Waals surface area contributed by atoms with Gasteiger partial charge in [0.05, 0.1) is 41.1 Å². The van der Waals surface area contributed by atoms with Crippen molar-refractivity contribution >= 4 is 46.8 Å². The third kappa shape index (κ3) is 14.6. The maximum Gasteiger partial charge on any atom is 0.573 e. The number of thiazole rings is 1. The molecular weight excluding hydrogens is 970 g/mol. The van der Waals surface area contributed by atoms with E-state index >= 15 is 0 Å². The molecule has 0 aliphatic carbocycles. The molecule has 0 bridgehead atoms. The largest absolute Gasteiger partial charge is 0.573 e. The highest BCUT2D eigenvalue weighted by atomic mass is 32.1. The van der Waals surface area contributed by atoms with Crippen molar-refractivity contribution in [2.24, 2.45) is 11.1 Å². The third-order valence-electron chi connectivity index (χ3n) is 12.6. The predicted molar refractivity (Wildman–Crippen MR) is 264 cm³/mol. The molecule has 7 rings (SSSR count). The standard InChI is InChI=1S/C51H59F3N10O8S/c1-31-44(73-30-60-31)34-13-9-33(10-14-34)25-57-47(69)40-7-5-20-64(40)49(70)45(50(2,3)4)61-42(66)27-56-41(65)8-6-19-62-28-39(59-29-62)35-24-38(46(55)68)48(58-26-35)71-36-17-21-63(22-18-36)43(67)23-32-11-15-37(16-12-32)72-51(52,53)54/h9-16,24,26,28-30,36,40,45H,5-8,17-23,25,27H2,1-4H3,(H2,55,68)(H,56,65)(H,57,69)(H,61,66)/t40-,45+/m1/s1. The van der Waals surface area contributed by atoms with Gasteiger partial charge in [0, 0.05) is 69.9 Å². The summed E-state index contributed by atoms with van der Waals surface area (Å²) in [4.78, 5) is 96.3. The monoisotopic (exact) mass is 1030 g/mol. The lowest BCUT2D eigenvalue weighted by Crippen LogP contribution is -2.58. The maximum atomic E-state index is 14.0. The highest BCUT2D eigenvalue weighted by molar-refractivity contribution is 7.13. The number of piperidine rings is 1. The second-order valence-electron chi connectivity index (χ2n) is 19.1. The fraction of sp³-hybridized carbons (Fsp3) is 0.431. The lowest BCUT2D eigenvalue weighted by atomic mass is 9.85. The molecule has 5 aromatic rings. The number of rotatable bonds is 19. The van der Waals surface area contributed by atoms with Crippen LogP contribution in [0.25, 0.3) is 21.7 Å². The van der Waals surface area contributed by atoms with Crippen LogP contribution in [0.3, 0.4) is 0 Å². The average Bonchev–Trinajstić information content (AvgIpc) is 4.14. The van der Waals surface area contributed by atoms with Crippen molar-refractivity contribution in [2.45, 2.75) is 110 Å². The van der Waals surface area contributed by atoms with Gasteiger partial charge in [-0.15, -0.1) is 24.5 Å². The van der Waals surface area contributed by atoms with Crippen molar-refractivity contribution in [3.8, 4) is 33.3 Å². The number of carbonyl (C=O) groups is 6. The van der Waals surface area contributed by atoms with E-state index in [0.29, 0.717) is 81.6 Å². The summed E-state index contributed by atoms with van der Waals surface area (Å²) >= 11 is 1.57. The van der Waals surface area contributed by atoms with Gasteiger partial charge in [-0.3, -0.25) is 28.8 Å². The van der Waals surface area contributed by atoms with Gasteiger partial charge in [-0.1, -0.05) is 57.2 Å². The third-order valence-corrected chi connectivity index (χ3v) is 13.6. The molecule has 2 atom stereocenters. The van der Waals surface area contributed by atoms with E-state index in [1.165, 1.54) is 24.4 Å². The van der Waals surface area contributed by atoms with Gasteiger partial charge in [-0.2, -0.15) is 0 Å². The zero-order valence-corrected chi connectivity index (χ0v) is 41.8. The van der Waals surface area contributed by atoms with E-state index in [4.69, 9.17) is 10.5 Å². The number of primary amides is 1. The Balaban J connectivity index is 0.828. The molecule has 2 aromatic carbocycles. The van der Waals surface area contributed by atoms with E-state index in [-0.39, 0.29) is 66.3 Å². The molecule has 2 aliphatic heterocycles. The minimum atomic E-state index is -4.81. The Kier molecular flexibility index (Phi) is 17.2. The number of nitrogens with zero attached hydrogens (tertiary/aromatic N) is 6. The first kappa shape index (κ1) is 53.4. The summed E-state index contributed by atoms with van der Waals surface area (Å²) in [5.41, 5.74) is 11.3. The summed E-state index contributed by atoms with van der Waals surface area (Å²) in [7, 11) is 0. The molecule has 0 saturated carbocycles. The lowest BCUT2D eigenvalue weighted by Gasteiger charge is -2.35. The van der Waals surface area contributed by atoms with Crippen molar-refractivity contribution in [1.82, 2.24) is 45.3 Å². The molecule has 5 N–H and O–H groups in total. The van der Waals surface area contributed by atoms with Gasteiger partial charge in [0.15, 0.2) is 0 Å². The molecule has 6 amide bonds. The molecule has 0 unspecified atom stereocenters. The number of carbonyl (C=O) groups excluding carboxylic acids is 6. The smallest absolute Gasteiger partial charge is 0.474 e. The Morgan fingerprint density at radius 2 is 1.59 bits per heavy atom. The number of ether oxygens (including phenoxy) is 2. The molecule has 2 saturated heterocycles. The number of nitrogens with one attached hydrogen (secondary N) is 3. The van der Waals surface area contributed by atoms with Crippen molar-refractivity contribution < 1.29 is 51.4 Å². The molecule has 3 aromatic heterocycles. The van der Waals surface area contributed by atoms with E-state index in [1.54, 1.807) is 38.2 Å². The fourth-order valence-corrected chi connectivity index (χ4v) is 9.46. The van der Waals surface area contributed by atoms with E-state index in [2.05, 4.69) is 35.6 Å². The summed E-state index contributed by atoms with van der Waals surface area (Å²) in [5.74, 6) is -2.82. The number of hydrogen-bond donors (Lipinski definition) is 4. The highest BCUT2D eigenvalue weighted by Gasteiger charge is 2.42. The molecular formula is C51H59F3N10O8S. The van der Waals surface area contributed by atoms with Crippen LogP contribution in [0.15, 0.2) is 78.8 Å². The number of hydrogen-bond acceptors (Lipinski definition) is 12. The van der Waals surface area contributed by atoms with E-state index < -0.39 is 35.7 Å². The molecule has 2 fully saturated rings. The Bertz CT molecular complexity index is 2770. The van der Waals surface area contributed by atoms with Gasteiger partial charge in [0.2, 0.25) is 35.4 Å². The lowest BCUT2D eigenvalue weighted by molar-refractivity contribution is -0.274. The summed E-state index contributed by atoms with van der Waals surface area (Å²) in [6, 6.07) is 12.9. The molecule has 0 spiro atoms. The molecule has 73 heavy (non-hydrogen) atoms. The number of benzene rings is 2. The second kappa shape index (κ2) is 23.5. The molecule has 22 heteroatoms. The summed E-state index contributed by atoms with van der Waals surface area (Å²) in [6.45, 7) is 8.89. The quantitative estimate of drug-likeness (QED) is 0.0781. The van der Waals surface area contributed by atoms with Gasteiger partial charge >= 0.3 is 6.36 Å². The number of nitrogens with two attached hydrogens (primary N) is 1. The molecule has 388 valence electrons. The van der Waals surface area contributed by atoms with Crippen LogP contribution in [0.2, 0.25) is 0 Å². The van der Waals surface area contributed by atoms with Crippen LogP contribution in [0.5, 0.6) is 11.6 Å². The van der Waals surface area contributed by atoms with Crippen molar-refractivity contribution in [3.63, 3.8) is 0 Å². The topological polar surface area (TPSA) is 233 Å². The normalized spacial score (nSPS) is 15.6. The van der Waals surface area contributed by atoms with Crippen molar-refractivity contribution in [3.05, 3.63) is 101 Å².